The van der Waals surface area contributed by atoms with Gasteiger partial charge in [-0.1, -0.05) is 20.8 Å². The van der Waals surface area contributed by atoms with Crippen molar-refractivity contribution < 1.29 is 14.7 Å². The van der Waals surface area contributed by atoms with Crippen molar-refractivity contribution >= 4 is 12.0 Å². The van der Waals surface area contributed by atoms with Gasteiger partial charge in [0.2, 0.25) is 0 Å². The molecule has 1 aliphatic heterocycles. The summed E-state index contributed by atoms with van der Waals surface area (Å²) in [6.45, 7) is 6.91. The number of carbonyl (C=O) groups is 2. The highest BCUT2D eigenvalue weighted by Crippen LogP contribution is 2.29. The highest BCUT2D eigenvalue weighted by molar-refractivity contribution is 5.83. The molecule has 0 aromatic rings. The summed E-state index contributed by atoms with van der Waals surface area (Å²) in [6, 6.07) is -0.694. The monoisotopic (exact) mass is 296 g/mol. The molecule has 1 saturated heterocycles. The summed E-state index contributed by atoms with van der Waals surface area (Å²) in [7, 11) is 0. The van der Waals surface area contributed by atoms with Crippen molar-refractivity contribution in [3.8, 4) is 0 Å². The van der Waals surface area contributed by atoms with Crippen LogP contribution in [0.5, 0.6) is 0 Å². The third kappa shape index (κ3) is 3.89. The first kappa shape index (κ1) is 16.1. The number of carboxylic acids is 1. The number of nitrogens with one attached hydrogen (secondary N) is 1. The Morgan fingerprint density at radius 3 is 2.29 bits per heavy atom. The molecule has 4 unspecified atom stereocenters. The highest BCUT2D eigenvalue weighted by atomic mass is 16.4. The maximum Gasteiger partial charge on any atom is 0.326 e. The van der Waals surface area contributed by atoms with E-state index in [0.29, 0.717) is 18.4 Å². The van der Waals surface area contributed by atoms with Gasteiger partial charge >= 0.3 is 12.0 Å². The second kappa shape index (κ2) is 6.67. The topological polar surface area (TPSA) is 69.6 Å². The zero-order valence-corrected chi connectivity index (χ0v) is 13.3. The number of nitrogens with zero attached hydrogens (tertiary/aromatic N) is 1. The second-order valence-corrected chi connectivity index (χ2v) is 7.16. The van der Waals surface area contributed by atoms with Gasteiger partial charge in [0.25, 0.3) is 0 Å². The standard InChI is InChI=1S/C16H28N2O3/c1-10-7-11(2)9-13(8-10)17-16(21)18-6-4-5-12(3)14(18)15(19)20/h10-14H,4-9H2,1-3H3,(H,17,21)(H,19,20). The third-order valence-corrected chi connectivity index (χ3v) is 4.95. The largest absolute Gasteiger partial charge is 0.480 e. The second-order valence-electron chi connectivity index (χ2n) is 7.16. The van der Waals surface area contributed by atoms with Gasteiger partial charge in [-0.05, 0) is 49.9 Å². The summed E-state index contributed by atoms with van der Waals surface area (Å²) in [5, 5.41) is 12.5. The van der Waals surface area contributed by atoms with E-state index in [1.807, 2.05) is 6.92 Å². The Labute approximate surface area is 127 Å². The predicted molar refractivity (Wildman–Crippen MR) is 81.0 cm³/mol. The lowest BCUT2D eigenvalue weighted by Gasteiger charge is -2.39. The predicted octanol–water partition coefficient (Wildman–Crippen LogP) is 2.71. The van der Waals surface area contributed by atoms with Crippen LogP contribution >= 0.6 is 0 Å². The van der Waals surface area contributed by atoms with Crippen molar-refractivity contribution in [2.24, 2.45) is 17.8 Å². The Morgan fingerprint density at radius 1 is 1.10 bits per heavy atom. The molecule has 1 saturated carbocycles. The first-order chi connectivity index (χ1) is 9.88. The quantitative estimate of drug-likeness (QED) is 0.823. The average Bonchev–Trinajstić information content (AvgIpc) is 2.36. The summed E-state index contributed by atoms with van der Waals surface area (Å²) in [4.78, 5) is 25.5. The minimum Gasteiger partial charge on any atom is -0.480 e. The van der Waals surface area contributed by atoms with Crippen LogP contribution in [0.25, 0.3) is 0 Å². The molecule has 1 aliphatic carbocycles. The zero-order chi connectivity index (χ0) is 15.6. The molecule has 5 heteroatoms. The smallest absolute Gasteiger partial charge is 0.326 e. The Bertz CT molecular complexity index is 389. The molecule has 0 spiro atoms. The van der Waals surface area contributed by atoms with Gasteiger partial charge in [0.05, 0.1) is 0 Å². The van der Waals surface area contributed by atoms with Crippen LogP contribution in [-0.4, -0.2) is 40.6 Å². The molecule has 0 aromatic carbocycles. The van der Waals surface area contributed by atoms with E-state index in [2.05, 4.69) is 19.2 Å². The molecular formula is C16H28N2O3. The van der Waals surface area contributed by atoms with E-state index >= 15 is 0 Å². The molecule has 21 heavy (non-hydrogen) atoms. The van der Waals surface area contributed by atoms with Crippen LogP contribution < -0.4 is 5.32 Å². The molecule has 2 fully saturated rings. The number of hydrogen-bond acceptors (Lipinski definition) is 2. The van der Waals surface area contributed by atoms with Crippen LogP contribution in [0.2, 0.25) is 0 Å². The minimum atomic E-state index is -0.886. The first-order valence-electron chi connectivity index (χ1n) is 8.18. The van der Waals surface area contributed by atoms with Gasteiger partial charge in [-0.25, -0.2) is 9.59 Å². The number of aliphatic carboxylic acids is 1. The first-order valence-corrected chi connectivity index (χ1v) is 8.18. The summed E-state index contributed by atoms with van der Waals surface area (Å²) in [5.41, 5.74) is 0. The maximum atomic E-state index is 12.5. The van der Waals surface area contributed by atoms with Crippen LogP contribution in [0.1, 0.15) is 52.9 Å². The van der Waals surface area contributed by atoms with Crippen LogP contribution in [0.3, 0.4) is 0 Å². The van der Waals surface area contributed by atoms with Crippen LogP contribution in [0.15, 0.2) is 0 Å². The number of carboxylic acid groups (broad SMARTS) is 1. The number of amides is 2. The van der Waals surface area contributed by atoms with E-state index in [4.69, 9.17) is 0 Å². The van der Waals surface area contributed by atoms with E-state index in [9.17, 15) is 14.7 Å². The minimum absolute atomic E-state index is 0.0196. The number of rotatable bonds is 2. The van der Waals surface area contributed by atoms with Gasteiger partial charge < -0.3 is 15.3 Å². The summed E-state index contributed by atoms with van der Waals surface area (Å²) >= 11 is 0. The van der Waals surface area contributed by atoms with Gasteiger partial charge in [-0.3, -0.25) is 0 Å². The van der Waals surface area contributed by atoms with E-state index in [1.54, 1.807) is 0 Å². The summed E-state index contributed by atoms with van der Waals surface area (Å²) in [6.07, 6.45) is 4.97. The molecule has 2 aliphatic rings. The summed E-state index contributed by atoms with van der Waals surface area (Å²) in [5.74, 6) is 0.373. The number of urea groups is 1. The van der Waals surface area contributed by atoms with Crippen molar-refractivity contribution in [1.82, 2.24) is 10.2 Å². The molecule has 4 atom stereocenters. The Morgan fingerprint density at radius 2 is 1.71 bits per heavy atom. The van der Waals surface area contributed by atoms with Crippen molar-refractivity contribution in [3.05, 3.63) is 0 Å². The van der Waals surface area contributed by atoms with Gasteiger partial charge in [0.1, 0.15) is 6.04 Å². The van der Waals surface area contributed by atoms with Crippen LogP contribution in [-0.2, 0) is 4.79 Å². The normalized spacial score (nSPS) is 37.1. The molecule has 0 bridgehead atoms. The lowest BCUT2D eigenvalue weighted by molar-refractivity contribution is -0.145. The number of likely N-dealkylation sites (tertiary alicyclic amines) is 1. The van der Waals surface area contributed by atoms with Gasteiger partial charge in [-0.2, -0.15) is 0 Å². The molecule has 0 aromatic heterocycles. The van der Waals surface area contributed by atoms with Gasteiger partial charge in [-0.15, -0.1) is 0 Å². The molecule has 1 heterocycles. The van der Waals surface area contributed by atoms with Crippen molar-refractivity contribution in [1.29, 1.82) is 0 Å². The fourth-order valence-corrected chi connectivity index (χ4v) is 4.11. The lowest BCUT2D eigenvalue weighted by atomic mass is 9.80. The molecule has 120 valence electrons. The molecule has 2 N–H and O–H groups in total. The number of carbonyl (C=O) groups excluding carboxylic acids is 1. The zero-order valence-electron chi connectivity index (χ0n) is 13.3. The van der Waals surface area contributed by atoms with Gasteiger partial charge in [0.15, 0.2) is 0 Å². The average molecular weight is 296 g/mol. The maximum absolute atomic E-state index is 12.5. The molecule has 2 amide bonds. The highest BCUT2D eigenvalue weighted by Gasteiger charge is 2.38. The van der Waals surface area contributed by atoms with E-state index in [0.717, 1.165) is 25.7 Å². The van der Waals surface area contributed by atoms with E-state index < -0.39 is 12.0 Å². The van der Waals surface area contributed by atoms with E-state index in [-0.39, 0.29) is 18.0 Å². The summed E-state index contributed by atoms with van der Waals surface area (Å²) < 4.78 is 0. The number of hydrogen-bond donors (Lipinski definition) is 2. The van der Waals surface area contributed by atoms with Gasteiger partial charge in [0, 0.05) is 12.6 Å². The molecular weight excluding hydrogens is 268 g/mol. The van der Waals surface area contributed by atoms with Crippen molar-refractivity contribution in [2.45, 2.75) is 65.0 Å². The Kier molecular flexibility index (Phi) is 5.12. The Balaban J connectivity index is 1.99. The van der Waals surface area contributed by atoms with E-state index in [1.165, 1.54) is 11.3 Å². The fraction of sp³-hybridized carbons (Fsp3) is 0.875. The SMILES string of the molecule is CC1CC(C)CC(NC(=O)N2CCCC(C)C2C(=O)O)C1. The fourth-order valence-electron chi connectivity index (χ4n) is 4.11. The number of piperidine rings is 1. The lowest BCUT2D eigenvalue weighted by Crippen LogP contribution is -2.57. The molecule has 2 rings (SSSR count). The third-order valence-electron chi connectivity index (χ3n) is 4.95. The Hall–Kier alpha value is -1.26. The molecule has 5 nitrogen and oxygen atoms in total. The van der Waals surface area contributed by atoms with Crippen molar-refractivity contribution in [2.75, 3.05) is 6.54 Å². The van der Waals surface area contributed by atoms with Crippen LogP contribution in [0, 0.1) is 17.8 Å². The van der Waals surface area contributed by atoms with Crippen molar-refractivity contribution in [3.63, 3.8) is 0 Å². The molecule has 0 radical (unpaired) electrons. The van der Waals surface area contributed by atoms with Crippen LogP contribution in [0.4, 0.5) is 4.79 Å².